The molecule has 1 amide bonds. The number of aliphatic hydroxyl groups excluding tert-OH is 2. The number of rotatable bonds is 7. The van der Waals surface area contributed by atoms with Crippen LogP contribution in [0.25, 0.3) is 10.9 Å². The lowest BCUT2D eigenvalue weighted by atomic mass is 10.0. The van der Waals surface area contributed by atoms with Gasteiger partial charge in [-0.25, -0.2) is 14.4 Å². The summed E-state index contributed by atoms with van der Waals surface area (Å²) in [7, 11) is 0. The highest BCUT2D eigenvalue weighted by atomic mass is 16.5. The van der Waals surface area contributed by atoms with E-state index >= 15 is 0 Å². The maximum absolute atomic E-state index is 11.8. The summed E-state index contributed by atoms with van der Waals surface area (Å²) in [6.07, 6.45) is -3.08. The van der Waals surface area contributed by atoms with Crippen LogP contribution in [0, 0.1) is 0 Å². The third-order valence-corrected chi connectivity index (χ3v) is 4.31. The number of aromatic amines is 1. The molecule has 2 unspecified atom stereocenters. The normalized spacial score (nSPS) is 13.0. The maximum Gasteiger partial charge on any atom is 0.419 e. The number of H-pyrrole nitrogens is 1. The Kier molecular flexibility index (Phi) is 6.43. The van der Waals surface area contributed by atoms with Gasteiger partial charge in [0.1, 0.15) is 12.7 Å². The second-order valence-electron chi connectivity index (χ2n) is 6.40. The number of carbonyl (C=O) groups excluding carboxylic acids is 1. The number of aromatic nitrogens is 1. The van der Waals surface area contributed by atoms with Crippen molar-refractivity contribution in [2.45, 2.75) is 25.2 Å². The lowest BCUT2D eigenvalue weighted by Crippen LogP contribution is -2.29. The van der Waals surface area contributed by atoms with E-state index in [1.54, 1.807) is 0 Å². The summed E-state index contributed by atoms with van der Waals surface area (Å²) in [5.74, 6) is -0.874. The number of alkyl carbamates (subject to hydrolysis) is 1. The van der Waals surface area contributed by atoms with E-state index in [0.717, 1.165) is 5.56 Å². The van der Waals surface area contributed by atoms with E-state index in [0.29, 0.717) is 0 Å². The van der Waals surface area contributed by atoms with Crippen molar-refractivity contribution in [3.63, 3.8) is 0 Å². The SMILES string of the molecule is O=C(NCCC(O)C(O)c1ccc2[nH]c(=O)oc(=O)c2c1)OCc1ccccc1. The second kappa shape index (κ2) is 9.18. The van der Waals surface area contributed by atoms with Gasteiger partial charge < -0.3 is 24.7 Å². The monoisotopic (exact) mass is 400 g/mol. The van der Waals surface area contributed by atoms with Gasteiger partial charge in [0.2, 0.25) is 0 Å². The minimum atomic E-state index is -1.30. The minimum Gasteiger partial charge on any atom is -0.445 e. The van der Waals surface area contributed by atoms with Crippen molar-refractivity contribution >= 4 is 17.0 Å². The van der Waals surface area contributed by atoms with Gasteiger partial charge in [0.15, 0.2) is 0 Å². The minimum absolute atomic E-state index is 0.0554. The molecule has 0 saturated carbocycles. The maximum atomic E-state index is 11.8. The molecule has 0 aliphatic rings. The summed E-state index contributed by atoms with van der Waals surface area (Å²) in [4.78, 5) is 37.0. The molecule has 0 bridgehead atoms. The van der Waals surface area contributed by atoms with Crippen LogP contribution >= 0.6 is 0 Å². The zero-order valence-electron chi connectivity index (χ0n) is 15.3. The molecule has 3 aromatic rings. The molecule has 0 aliphatic carbocycles. The van der Waals surface area contributed by atoms with Crippen LogP contribution in [-0.4, -0.2) is 33.9 Å². The van der Waals surface area contributed by atoms with Gasteiger partial charge in [-0.05, 0) is 29.7 Å². The number of fused-ring (bicyclic) bond motifs is 1. The molecule has 3 rings (SSSR count). The lowest BCUT2D eigenvalue weighted by Gasteiger charge is -2.18. The van der Waals surface area contributed by atoms with Crippen LogP contribution in [0.1, 0.15) is 23.7 Å². The van der Waals surface area contributed by atoms with Crippen molar-refractivity contribution in [2.75, 3.05) is 6.54 Å². The number of aliphatic hydroxyl groups is 2. The Bertz CT molecular complexity index is 1090. The molecule has 1 heterocycles. The van der Waals surface area contributed by atoms with Crippen LogP contribution in [0.4, 0.5) is 4.79 Å². The molecule has 9 nitrogen and oxygen atoms in total. The van der Waals surface area contributed by atoms with E-state index in [-0.39, 0.29) is 36.0 Å². The molecule has 152 valence electrons. The Morgan fingerprint density at radius 3 is 2.66 bits per heavy atom. The molecule has 1 aromatic heterocycles. The second-order valence-corrected chi connectivity index (χ2v) is 6.40. The van der Waals surface area contributed by atoms with E-state index in [4.69, 9.17) is 4.74 Å². The molecule has 0 aliphatic heterocycles. The molecule has 9 heteroatoms. The summed E-state index contributed by atoms with van der Waals surface area (Å²) in [6.45, 7) is 0.203. The van der Waals surface area contributed by atoms with Crippen LogP contribution in [0.15, 0.2) is 62.5 Å². The highest BCUT2D eigenvalue weighted by Crippen LogP contribution is 2.21. The van der Waals surface area contributed by atoms with Gasteiger partial charge in [-0.1, -0.05) is 36.4 Å². The zero-order valence-corrected chi connectivity index (χ0v) is 15.3. The highest BCUT2D eigenvalue weighted by molar-refractivity contribution is 5.77. The standard InChI is InChI=1S/C20H20N2O7/c23-16(8-9-21-19(26)28-11-12-4-2-1-3-5-12)17(24)13-6-7-15-14(10-13)18(25)29-20(27)22-15/h1-7,10,16-17,23-24H,8-9,11H2,(H,21,26)(H,22,27). The molecule has 2 atom stereocenters. The molecule has 2 aromatic carbocycles. The van der Waals surface area contributed by atoms with E-state index in [1.807, 2.05) is 30.3 Å². The summed E-state index contributed by atoms with van der Waals surface area (Å²) in [5.41, 5.74) is 0.547. The first kappa shape index (κ1) is 20.3. The van der Waals surface area contributed by atoms with Crippen LogP contribution in [-0.2, 0) is 11.3 Å². The number of hydrogen-bond acceptors (Lipinski definition) is 7. The van der Waals surface area contributed by atoms with Gasteiger partial charge in [0.05, 0.1) is 17.0 Å². The van der Waals surface area contributed by atoms with Gasteiger partial charge in [0, 0.05) is 6.54 Å². The van der Waals surface area contributed by atoms with Gasteiger partial charge >= 0.3 is 17.5 Å². The van der Waals surface area contributed by atoms with Gasteiger partial charge in [0.25, 0.3) is 0 Å². The third kappa shape index (κ3) is 5.31. The summed E-state index contributed by atoms with van der Waals surface area (Å²) in [6, 6.07) is 13.4. The average molecular weight is 400 g/mol. The van der Waals surface area contributed by atoms with Crippen LogP contribution in [0.2, 0.25) is 0 Å². The average Bonchev–Trinajstić information content (AvgIpc) is 2.72. The molecule has 0 spiro atoms. The number of nitrogens with one attached hydrogen (secondary N) is 2. The van der Waals surface area contributed by atoms with Crippen molar-refractivity contribution in [1.82, 2.24) is 10.3 Å². The van der Waals surface area contributed by atoms with Crippen molar-refractivity contribution in [3.8, 4) is 0 Å². The van der Waals surface area contributed by atoms with Crippen LogP contribution < -0.4 is 16.7 Å². The fourth-order valence-electron chi connectivity index (χ4n) is 2.77. The Morgan fingerprint density at radius 1 is 1.14 bits per heavy atom. The van der Waals surface area contributed by atoms with E-state index in [9.17, 15) is 24.6 Å². The van der Waals surface area contributed by atoms with E-state index in [1.165, 1.54) is 18.2 Å². The Hall–Kier alpha value is -3.43. The van der Waals surface area contributed by atoms with Crippen molar-refractivity contribution in [3.05, 3.63) is 80.6 Å². The molecular formula is C20H20N2O7. The third-order valence-electron chi connectivity index (χ3n) is 4.31. The Balaban J connectivity index is 1.52. The quantitative estimate of drug-likeness (QED) is 0.467. The first-order valence-corrected chi connectivity index (χ1v) is 8.92. The number of benzene rings is 2. The first-order valence-electron chi connectivity index (χ1n) is 8.92. The number of carbonyl (C=O) groups is 1. The Labute approximate surface area is 164 Å². The van der Waals surface area contributed by atoms with E-state index < -0.39 is 29.7 Å². The zero-order chi connectivity index (χ0) is 20.8. The molecule has 4 N–H and O–H groups in total. The summed E-state index contributed by atoms with van der Waals surface area (Å²) < 4.78 is 9.52. The van der Waals surface area contributed by atoms with E-state index in [2.05, 4.69) is 14.7 Å². The number of amides is 1. The van der Waals surface area contributed by atoms with Crippen molar-refractivity contribution in [1.29, 1.82) is 0 Å². The van der Waals surface area contributed by atoms with Crippen molar-refractivity contribution < 1.29 is 24.2 Å². The predicted octanol–water partition coefficient (Wildman–Crippen LogP) is 1.19. The molecule has 0 fully saturated rings. The number of hydrogen-bond donors (Lipinski definition) is 4. The predicted molar refractivity (Wildman–Crippen MR) is 103 cm³/mol. The summed E-state index contributed by atoms with van der Waals surface area (Å²) >= 11 is 0. The lowest BCUT2D eigenvalue weighted by molar-refractivity contribution is 0.0137. The van der Waals surface area contributed by atoms with Crippen molar-refractivity contribution in [2.24, 2.45) is 0 Å². The number of ether oxygens (including phenoxy) is 1. The van der Waals surface area contributed by atoms with Gasteiger partial charge in [-0.15, -0.1) is 0 Å². The molecule has 29 heavy (non-hydrogen) atoms. The van der Waals surface area contributed by atoms with Gasteiger partial charge in [-0.2, -0.15) is 0 Å². The Morgan fingerprint density at radius 2 is 1.90 bits per heavy atom. The van der Waals surface area contributed by atoms with Gasteiger partial charge in [-0.3, -0.25) is 4.98 Å². The largest absolute Gasteiger partial charge is 0.445 e. The molecule has 0 saturated heterocycles. The van der Waals surface area contributed by atoms with Crippen LogP contribution in [0.3, 0.4) is 0 Å². The highest BCUT2D eigenvalue weighted by Gasteiger charge is 2.19. The molecular weight excluding hydrogens is 380 g/mol. The smallest absolute Gasteiger partial charge is 0.419 e. The fraction of sp³-hybridized carbons (Fsp3) is 0.250. The first-order chi connectivity index (χ1) is 13.9. The van der Waals surface area contributed by atoms with Crippen LogP contribution in [0.5, 0.6) is 0 Å². The fourth-order valence-corrected chi connectivity index (χ4v) is 2.77. The molecule has 0 radical (unpaired) electrons. The topological polar surface area (TPSA) is 142 Å². The summed E-state index contributed by atoms with van der Waals surface area (Å²) in [5, 5.41) is 23.1.